The molecule has 0 spiro atoms. The van der Waals surface area contributed by atoms with Crippen LogP contribution in [0.5, 0.6) is 17.2 Å². The summed E-state index contributed by atoms with van der Waals surface area (Å²) in [6.45, 7) is 1.79. The van der Waals surface area contributed by atoms with Gasteiger partial charge in [-0.1, -0.05) is 18.2 Å². The fourth-order valence-corrected chi connectivity index (χ4v) is 2.16. The molecule has 0 saturated carbocycles. The van der Waals surface area contributed by atoms with E-state index < -0.39 is 12.1 Å². The smallest absolute Gasteiger partial charge is 0.371 e. The van der Waals surface area contributed by atoms with Gasteiger partial charge in [0.2, 0.25) is 5.76 Å². The van der Waals surface area contributed by atoms with Crippen LogP contribution in [0.15, 0.2) is 71.1 Å². The average molecular weight is 324 g/mol. The normalized spacial score (nSPS) is 11.7. The van der Waals surface area contributed by atoms with Gasteiger partial charge in [0.25, 0.3) is 0 Å². The second-order valence-corrected chi connectivity index (χ2v) is 5.15. The lowest BCUT2D eigenvalue weighted by atomic mass is 10.3. The molecule has 0 aliphatic carbocycles. The average Bonchev–Trinajstić information content (AvgIpc) is 3.08. The highest BCUT2D eigenvalue weighted by Crippen LogP contribution is 2.27. The summed E-state index contributed by atoms with van der Waals surface area (Å²) in [6.07, 6.45) is -0.404. The zero-order chi connectivity index (χ0) is 16.9. The van der Waals surface area contributed by atoms with Gasteiger partial charge < -0.3 is 19.0 Å². The van der Waals surface area contributed by atoms with Crippen molar-refractivity contribution in [2.75, 3.05) is 0 Å². The topological polar surface area (TPSA) is 68.9 Å². The van der Waals surface area contributed by atoms with Gasteiger partial charge in [-0.3, -0.25) is 0 Å². The van der Waals surface area contributed by atoms with Crippen molar-refractivity contribution in [3.05, 3.63) is 78.3 Å². The number of carboxylic acid groups (broad SMARTS) is 1. The first kappa shape index (κ1) is 15.7. The summed E-state index contributed by atoms with van der Waals surface area (Å²) in [5.74, 6) is 1.35. The molecule has 1 heterocycles. The van der Waals surface area contributed by atoms with Crippen LogP contribution in [0.4, 0.5) is 0 Å². The molecule has 1 unspecified atom stereocenters. The Morgan fingerprint density at radius 3 is 2.17 bits per heavy atom. The van der Waals surface area contributed by atoms with Gasteiger partial charge in [-0.15, -0.1) is 0 Å². The maximum atomic E-state index is 10.8. The van der Waals surface area contributed by atoms with Crippen LogP contribution >= 0.6 is 0 Å². The van der Waals surface area contributed by atoms with E-state index in [0.29, 0.717) is 17.3 Å². The summed E-state index contributed by atoms with van der Waals surface area (Å²) in [6, 6.07) is 19.7. The lowest BCUT2D eigenvalue weighted by molar-refractivity contribution is 0.0655. The lowest BCUT2D eigenvalue weighted by Gasteiger charge is -2.13. The third-order valence-electron chi connectivity index (χ3n) is 3.35. The van der Waals surface area contributed by atoms with Gasteiger partial charge in [-0.05, 0) is 55.5 Å². The minimum atomic E-state index is -1.10. The summed E-state index contributed by atoms with van der Waals surface area (Å²) in [5.41, 5.74) is 0. The van der Waals surface area contributed by atoms with Crippen LogP contribution < -0.4 is 9.47 Å². The maximum absolute atomic E-state index is 10.8. The molecule has 2 aromatic carbocycles. The number of aromatic carboxylic acids is 1. The van der Waals surface area contributed by atoms with Crippen molar-refractivity contribution in [3.8, 4) is 17.2 Å². The quantitative estimate of drug-likeness (QED) is 0.697. The molecule has 3 aromatic rings. The van der Waals surface area contributed by atoms with Crippen molar-refractivity contribution in [1.29, 1.82) is 0 Å². The molecule has 0 amide bonds. The van der Waals surface area contributed by atoms with E-state index in [-0.39, 0.29) is 5.76 Å². The van der Waals surface area contributed by atoms with E-state index in [1.165, 1.54) is 6.07 Å². The second kappa shape index (κ2) is 6.91. The van der Waals surface area contributed by atoms with Crippen LogP contribution in [0.2, 0.25) is 0 Å². The molecule has 3 rings (SSSR count). The maximum Gasteiger partial charge on any atom is 0.371 e. The highest BCUT2D eigenvalue weighted by atomic mass is 16.5. The van der Waals surface area contributed by atoms with Gasteiger partial charge in [0, 0.05) is 0 Å². The molecule has 24 heavy (non-hydrogen) atoms. The first-order valence-corrected chi connectivity index (χ1v) is 7.44. The van der Waals surface area contributed by atoms with Crippen molar-refractivity contribution in [3.63, 3.8) is 0 Å². The van der Waals surface area contributed by atoms with Gasteiger partial charge in [-0.25, -0.2) is 4.79 Å². The summed E-state index contributed by atoms with van der Waals surface area (Å²) >= 11 is 0. The molecule has 1 atom stereocenters. The Bertz CT molecular complexity index is 805. The van der Waals surface area contributed by atoms with Gasteiger partial charge in [0.15, 0.2) is 6.10 Å². The van der Waals surface area contributed by atoms with Crippen molar-refractivity contribution in [1.82, 2.24) is 0 Å². The van der Waals surface area contributed by atoms with E-state index in [1.807, 2.05) is 30.3 Å². The van der Waals surface area contributed by atoms with E-state index in [0.717, 1.165) is 5.75 Å². The molecule has 0 radical (unpaired) electrons. The van der Waals surface area contributed by atoms with Gasteiger partial charge >= 0.3 is 5.97 Å². The number of carbonyl (C=O) groups is 1. The third kappa shape index (κ3) is 3.76. The van der Waals surface area contributed by atoms with E-state index in [2.05, 4.69) is 0 Å². The predicted molar refractivity (Wildman–Crippen MR) is 87.7 cm³/mol. The predicted octanol–water partition coefficient (Wildman–Crippen LogP) is 4.91. The van der Waals surface area contributed by atoms with Crippen LogP contribution in [-0.2, 0) is 0 Å². The molecule has 0 bridgehead atoms. The molecule has 5 heteroatoms. The van der Waals surface area contributed by atoms with Crippen LogP contribution in [0.1, 0.15) is 29.3 Å². The van der Waals surface area contributed by atoms with E-state index in [4.69, 9.17) is 19.0 Å². The Balaban J connectivity index is 1.64. The summed E-state index contributed by atoms with van der Waals surface area (Å²) in [4.78, 5) is 10.8. The number of para-hydroxylation sites is 1. The zero-order valence-electron chi connectivity index (χ0n) is 13.0. The van der Waals surface area contributed by atoms with Crippen LogP contribution in [-0.4, -0.2) is 11.1 Å². The zero-order valence-corrected chi connectivity index (χ0v) is 13.0. The molecular weight excluding hydrogens is 308 g/mol. The molecular formula is C19H16O5. The Labute approximate surface area is 139 Å². The van der Waals surface area contributed by atoms with Crippen molar-refractivity contribution in [2.24, 2.45) is 0 Å². The standard InChI is InChI=1S/C19H16O5/c1-13(17-11-12-18(24-17)19(20)21)22-15-7-9-16(10-8-15)23-14-5-3-2-4-6-14/h2-13H,1H3,(H,20,21). The minimum Gasteiger partial charge on any atom is -0.483 e. The monoisotopic (exact) mass is 324 g/mol. The Kier molecular flexibility index (Phi) is 4.52. The number of hydrogen-bond acceptors (Lipinski definition) is 4. The molecule has 0 fully saturated rings. The van der Waals surface area contributed by atoms with Crippen molar-refractivity contribution in [2.45, 2.75) is 13.0 Å². The first-order chi connectivity index (χ1) is 11.6. The highest BCUT2D eigenvalue weighted by Gasteiger charge is 2.15. The van der Waals surface area contributed by atoms with Crippen LogP contribution in [0, 0.1) is 0 Å². The fraction of sp³-hybridized carbons (Fsp3) is 0.105. The third-order valence-corrected chi connectivity index (χ3v) is 3.35. The van der Waals surface area contributed by atoms with Crippen molar-refractivity contribution < 1.29 is 23.8 Å². The molecule has 5 nitrogen and oxygen atoms in total. The molecule has 0 aliphatic rings. The number of ether oxygens (including phenoxy) is 2. The summed E-state index contributed by atoms with van der Waals surface area (Å²) < 4.78 is 16.7. The fourth-order valence-electron chi connectivity index (χ4n) is 2.16. The van der Waals surface area contributed by atoms with E-state index >= 15 is 0 Å². The van der Waals surface area contributed by atoms with E-state index in [9.17, 15) is 4.79 Å². The lowest BCUT2D eigenvalue weighted by Crippen LogP contribution is -2.02. The van der Waals surface area contributed by atoms with Gasteiger partial charge in [-0.2, -0.15) is 0 Å². The Morgan fingerprint density at radius 2 is 1.54 bits per heavy atom. The molecule has 0 aliphatic heterocycles. The largest absolute Gasteiger partial charge is 0.483 e. The minimum absolute atomic E-state index is 0.105. The number of hydrogen-bond donors (Lipinski definition) is 1. The molecule has 1 aromatic heterocycles. The van der Waals surface area contributed by atoms with E-state index in [1.54, 1.807) is 37.3 Å². The Hall–Kier alpha value is -3.21. The summed E-state index contributed by atoms with van der Waals surface area (Å²) in [5, 5.41) is 8.87. The summed E-state index contributed by atoms with van der Waals surface area (Å²) in [7, 11) is 0. The Morgan fingerprint density at radius 1 is 0.917 bits per heavy atom. The van der Waals surface area contributed by atoms with Crippen LogP contribution in [0.3, 0.4) is 0 Å². The number of carboxylic acids is 1. The van der Waals surface area contributed by atoms with Crippen LogP contribution in [0.25, 0.3) is 0 Å². The number of furan rings is 1. The highest BCUT2D eigenvalue weighted by molar-refractivity contribution is 5.84. The SMILES string of the molecule is CC(Oc1ccc(Oc2ccccc2)cc1)c1ccc(C(=O)O)o1. The first-order valence-electron chi connectivity index (χ1n) is 7.44. The second-order valence-electron chi connectivity index (χ2n) is 5.15. The van der Waals surface area contributed by atoms with Gasteiger partial charge in [0.05, 0.1) is 0 Å². The number of rotatable bonds is 6. The molecule has 122 valence electrons. The van der Waals surface area contributed by atoms with Crippen molar-refractivity contribution >= 4 is 5.97 Å². The molecule has 1 N–H and O–H groups in total. The van der Waals surface area contributed by atoms with Gasteiger partial charge in [0.1, 0.15) is 23.0 Å². The number of benzene rings is 2. The molecule has 0 saturated heterocycles.